The fourth-order valence-electron chi connectivity index (χ4n) is 3.02. The molecule has 3 heterocycles. The van der Waals surface area contributed by atoms with E-state index in [0.29, 0.717) is 0 Å². The van der Waals surface area contributed by atoms with Crippen molar-refractivity contribution in [3.05, 3.63) is 47.3 Å². The lowest BCUT2D eigenvalue weighted by Gasteiger charge is -2.18. The highest BCUT2D eigenvalue weighted by molar-refractivity contribution is 7.80. The highest BCUT2D eigenvalue weighted by Gasteiger charge is 2.37. The van der Waals surface area contributed by atoms with Crippen LogP contribution in [0.5, 0.6) is 0 Å². The van der Waals surface area contributed by atoms with Crippen LogP contribution >= 0.6 is 12.2 Å². The van der Waals surface area contributed by atoms with Gasteiger partial charge in [0.15, 0.2) is 0 Å². The van der Waals surface area contributed by atoms with E-state index in [-0.39, 0.29) is 11.6 Å². The number of thiocarbonyl (C=S) groups is 1. The number of nitrogens with zero attached hydrogens (tertiary/aromatic N) is 1. The lowest BCUT2D eigenvalue weighted by molar-refractivity contribution is 0.748. The summed E-state index contributed by atoms with van der Waals surface area (Å²) in [5.41, 5.74) is 6.59. The number of benzene rings is 1. The maximum absolute atomic E-state index is 5.45. The lowest BCUT2D eigenvalue weighted by Crippen LogP contribution is -2.25. The molecule has 1 unspecified atom stereocenters. The Kier molecular flexibility index (Phi) is 2.72. The Balaban J connectivity index is 1.69. The number of rotatable bonds is 1. The second-order valence-electron chi connectivity index (χ2n) is 6.48. The first-order valence-corrected chi connectivity index (χ1v) is 7.81. The first-order valence-electron chi connectivity index (χ1n) is 7.41. The fraction of sp³-hybridized carbons (Fsp3) is 0.294. The number of aromatic nitrogens is 1. The van der Waals surface area contributed by atoms with Gasteiger partial charge in [-0.05, 0) is 44.5 Å². The molecule has 0 bridgehead atoms. The summed E-state index contributed by atoms with van der Waals surface area (Å²) in [7, 11) is 0. The van der Waals surface area contributed by atoms with Crippen LogP contribution in [0.4, 0.5) is 17.1 Å². The summed E-state index contributed by atoms with van der Waals surface area (Å²) < 4.78 is 0. The molecule has 0 aliphatic carbocycles. The number of aryl methyl sites for hydroxylation is 1. The highest BCUT2D eigenvalue weighted by Crippen LogP contribution is 2.45. The molecule has 0 saturated heterocycles. The van der Waals surface area contributed by atoms with Gasteiger partial charge in [-0.15, -0.1) is 0 Å². The van der Waals surface area contributed by atoms with Crippen molar-refractivity contribution in [3.8, 4) is 0 Å². The van der Waals surface area contributed by atoms with Gasteiger partial charge in [-0.2, -0.15) is 0 Å². The third kappa shape index (κ3) is 1.89. The molecule has 112 valence electrons. The number of hydrogen-bond acceptors (Lipinski definition) is 4. The number of hydrogen-bond donors (Lipinski definition) is 3. The van der Waals surface area contributed by atoms with E-state index in [1.807, 2.05) is 19.2 Å². The van der Waals surface area contributed by atoms with Crippen LogP contribution in [-0.2, 0) is 5.41 Å². The number of pyridine rings is 1. The van der Waals surface area contributed by atoms with Crippen molar-refractivity contribution in [1.29, 1.82) is 0 Å². The van der Waals surface area contributed by atoms with Crippen LogP contribution in [0.15, 0.2) is 30.5 Å². The van der Waals surface area contributed by atoms with E-state index in [0.717, 1.165) is 33.3 Å². The molecule has 0 spiro atoms. The third-order valence-electron chi connectivity index (χ3n) is 4.51. The van der Waals surface area contributed by atoms with Gasteiger partial charge in [0.25, 0.3) is 0 Å². The Morgan fingerprint density at radius 3 is 2.50 bits per heavy atom. The summed E-state index contributed by atoms with van der Waals surface area (Å²) in [5.74, 6) is 0. The predicted molar refractivity (Wildman–Crippen MR) is 94.6 cm³/mol. The van der Waals surface area contributed by atoms with Crippen LogP contribution in [0.1, 0.15) is 36.8 Å². The van der Waals surface area contributed by atoms with Crippen LogP contribution < -0.4 is 16.0 Å². The third-order valence-corrected chi connectivity index (χ3v) is 5.13. The second kappa shape index (κ2) is 4.43. The average molecular weight is 310 g/mol. The van der Waals surface area contributed by atoms with E-state index in [4.69, 9.17) is 12.2 Å². The minimum absolute atomic E-state index is 0.0562. The summed E-state index contributed by atoms with van der Waals surface area (Å²) >= 11 is 5.45. The molecule has 4 rings (SSSR count). The maximum Gasteiger partial charge on any atom is 0.125 e. The van der Waals surface area contributed by atoms with E-state index in [9.17, 15) is 0 Å². The molecular weight excluding hydrogens is 292 g/mol. The summed E-state index contributed by atoms with van der Waals surface area (Å²) in [6.07, 6.45) is 1.97. The quantitative estimate of drug-likeness (QED) is 0.696. The monoisotopic (exact) mass is 310 g/mol. The molecule has 0 amide bonds. The molecule has 1 aromatic heterocycles. The maximum atomic E-state index is 5.45. The standard InChI is InChI=1S/C17H18N4S/c1-9-4-5-10(8-18-9)15-19-13-6-11-12(7-14(13)20-15)21-16(22)17(11,2)3/h4-8,15,19-20H,1-3H3,(H,21,22). The van der Waals surface area contributed by atoms with Crippen molar-refractivity contribution in [1.82, 2.24) is 4.98 Å². The largest absolute Gasteiger partial charge is 0.360 e. The van der Waals surface area contributed by atoms with Gasteiger partial charge >= 0.3 is 0 Å². The molecule has 3 N–H and O–H groups in total. The van der Waals surface area contributed by atoms with Gasteiger partial charge in [-0.1, -0.05) is 18.3 Å². The molecule has 0 saturated carbocycles. The molecule has 0 radical (unpaired) electrons. The van der Waals surface area contributed by atoms with Crippen LogP contribution in [0, 0.1) is 6.92 Å². The zero-order chi connectivity index (χ0) is 15.5. The average Bonchev–Trinajstić information content (AvgIpc) is 2.98. The van der Waals surface area contributed by atoms with Gasteiger partial charge in [0.1, 0.15) is 6.17 Å². The van der Waals surface area contributed by atoms with Crippen molar-refractivity contribution < 1.29 is 0 Å². The Morgan fingerprint density at radius 1 is 1.09 bits per heavy atom. The molecule has 22 heavy (non-hydrogen) atoms. The Labute approximate surface area is 135 Å². The highest BCUT2D eigenvalue weighted by atomic mass is 32.1. The van der Waals surface area contributed by atoms with Gasteiger partial charge in [0, 0.05) is 28.6 Å². The predicted octanol–water partition coefficient (Wildman–Crippen LogP) is 3.96. The van der Waals surface area contributed by atoms with Crippen LogP contribution in [0.25, 0.3) is 0 Å². The van der Waals surface area contributed by atoms with E-state index in [1.165, 1.54) is 5.56 Å². The van der Waals surface area contributed by atoms with Gasteiger partial charge in [-0.25, -0.2) is 0 Å². The zero-order valence-corrected chi connectivity index (χ0v) is 13.6. The summed E-state index contributed by atoms with van der Waals surface area (Å²) in [6.45, 7) is 6.31. The van der Waals surface area contributed by atoms with Crippen molar-refractivity contribution in [2.45, 2.75) is 32.4 Å². The molecule has 1 aromatic carbocycles. The zero-order valence-electron chi connectivity index (χ0n) is 12.8. The Morgan fingerprint density at radius 2 is 1.82 bits per heavy atom. The van der Waals surface area contributed by atoms with E-state index < -0.39 is 0 Å². The van der Waals surface area contributed by atoms with Gasteiger partial charge in [0.2, 0.25) is 0 Å². The molecule has 0 fully saturated rings. The number of fused-ring (bicyclic) bond motifs is 2. The van der Waals surface area contributed by atoms with E-state index in [2.05, 4.69) is 53.0 Å². The van der Waals surface area contributed by atoms with Crippen LogP contribution in [-0.4, -0.2) is 9.97 Å². The summed E-state index contributed by atoms with van der Waals surface area (Å²) in [5, 5.41) is 10.4. The van der Waals surface area contributed by atoms with Crippen molar-refractivity contribution >= 4 is 34.3 Å². The number of anilines is 3. The van der Waals surface area contributed by atoms with Crippen molar-refractivity contribution in [3.63, 3.8) is 0 Å². The minimum Gasteiger partial charge on any atom is -0.360 e. The van der Waals surface area contributed by atoms with Crippen LogP contribution in [0.2, 0.25) is 0 Å². The first kappa shape index (κ1) is 13.5. The Hall–Kier alpha value is -2.14. The molecule has 4 nitrogen and oxygen atoms in total. The van der Waals surface area contributed by atoms with Gasteiger partial charge < -0.3 is 16.0 Å². The molecule has 5 heteroatoms. The topological polar surface area (TPSA) is 49.0 Å². The van der Waals surface area contributed by atoms with Crippen molar-refractivity contribution in [2.24, 2.45) is 0 Å². The SMILES string of the molecule is Cc1ccc(C2Nc3cc4c(cc3N2)C(C)(C)C(=S)N4)cn1. The molecule has 2 aliphatic rings. The summed E-state index contributed by atoms with van der Waals surface area (Å²) in [6, 6.07) is 8.47. The van der Waals surface area contributed by atoms with Gasteiger partial charge in [0.05, 0.1) is 16.4 Å². The Bertz CT molecular complexity index is 780. The second-order valence-corrected chi connectivity index (χ2v) is 6.89. The first-order chi connectivity index (χ1) is 10.4. The minimum atomic E-state index is -0.120. The normalized spacial score (nSPS) is 20.7. The lowest BCUT2D eigenvalue weighted by atomic mass is 9.86. The summed E-state index contributed by atoms with van der Waals surface area (Å²) in [4.78, 5) is 5.25. The fourth-order valence-corrected chi connectivity index (χ4v) is 3.24. The number of nitrogens with one attached hydrogen (secondary N) is 3. The van der Waals surface area contributed by atoms with E-state index >= 15 is 0 Å². The van der Waals surface area contributed by atoms with Crippen molar-refractivity contribution in [2.75, 3.05) is 16.0 Å². The van der Waals surface area contributed by atoms with E-state index in [1.54, 1.807) is 0 Å². The molecule has 2 aliphatic heterocycles. The molecule has 2 aromatic rings. The molecule has 1 atom stereocenters. The van der Waals surface area contributed by atoms with Gasteiger partial charge in [-0.3, -0.25) is 4.98 Å². The molecular formula is C17H18N4S. The van der Waals surface area contributed by atoms with Crippen LogP contribution in [0.3, 0.4) is 0 Å². The smallest absolute Gasteiger partial charge is 0.125 e.